The first-order valence-electron chi connectivity index (χ1n) is 35.0. The van der Waals surface area contributed by atoms with Gasteiger partial charge in [0.25, 0.3) is 0 Å². The number of hydrogen-bond donors (Lipinski definition) is 0. The SMILES string of the molecule is c1ccc(-c2ccc(N(c3ccc(-c4ccc(-n5c6ccccc6c6ccccc65)cc4)cc3)c3ccc4c5ccccc5c5ccccc5c4c3)cc2)cc1.c1ccc2cc(N(c3ccc(-c4ccc(-n5c6ccccc6c6ccccc65)cc4)cc3)c3ccc4ccccc4c3)ccc2c1. The van der Waals surface area contributed by atoms with E-state index in [1.165, 1.54) is 131 Å². The van der Waals surface area contributed by atoms with Crippen molar-refractivity contribution in [1.82, 2.24) is 9.13 Å². The predicted molar refractivity (Wildman–Crippen MR) is 435 cm³/mol. The van der Waals surface area contributed by atoms with Gasteiger partial charge in [0, 0.05) is 67.0 Å². The summed E-state index contributed by atoms with van der Waals surface area (Å²) >= 11 is 0. The van der Waals surface area contributed by atoms with Crippen molar-refractivity contribution in [3.05, 3.63) is 400 Å². The molecule has 0 unspecified atom stereocenters. The van der Waals surface area contributed by atoms with Crippen molar-refractivity contribution >= 4 is 132 Å². The highest BCUT2D eigenvalue weighted by Gasteiger charge is 2.20. The summed E-state index contributed by atoms with van der Waals surface area (Å²) in [5, 5.41) is 17.7. The summed E-state index contributed by atoms with van der Waals surface area (Å²) < 4.78 is 4.73. The topological polar surface area (TPSA) is 16.3 Å². The Kier molecular flexibility index (Phi) is 14.9. The van der Waals surface area contributed by atoms with Crippen molar-refractivity contribution in [2.45, 2.75) is 0 Å². The fraction of sp³-hybridized carbons (Fsp3) is 0. The second-order valence-corrected chi connectivity index (χ2v) is 26.4. The molecular formula is C98H66N4. The van der Waals surface area contributed by atoms with Gasteiger partial charge in [-0.2, -0.15) is 0 Å². The van der Waals surface area contributed by atoms with E-state index in [1.54, 1.807) is 0 Å². The summed E-state index contributed by atoms with van der Waals surface area (Å²) in [6.45, 7) is 0. The van der Waals surface area contributed by atoms with Crippen LogP contribution in [-0.4, -0.2) is 9.13 Å². The highest BCUT2D eigenvalue weighted by Crippen LogP contribution is 2.44. The minimum atomic E-state index is 1.10. The number of rotatable bonds is 11. The Bertz CT molecular complexity index is 6310. The van der Waals surface area contributed by atoms with Gasteiger partial charge >= 0.3 is 0 Å². The predicted octanol–water partition coefficient (Wildman–Crippen LogP) is 27.3. The molecule has 0 aliphatic rings. The maximum absolute atomic E-state index is 2.38. The van der Waals surface area contributed by atoms with Crippen LogP contribution in [0.1, 0.15) is 0 Å². The highest BCUT2D eigenvalue weighted by molar-refractivity contribution is 6.26. The lowest BCUT2D eigenvalue weighted by atomic mass is 9.94. The summed E-state index contributed by atoms with van der Waals surface area (Å²) in [4.78, 5) is 4.74. The molecule has 20 rings (SSSR count). The summed E-state index contributed by atoms with van der Waals surface area (Å²) in [5.74, 6) is 0. The molecule has 0 atom stereocenters. The smallest absolute Gasteiger partial charge is 0.0541 e. The van der Waals surface area contributed by atoms with Crippen molar-refractivity contribution in [2.24, 2.45) is 0 Å². The van der Waals surface area contributed by atoms with Gasteiger partial charge in [-0.3, -0.25) is 0 Å². The first-order chi connectivity index (χ1) is 50.6. The van der Waals surface area contributed by atoms with Gasteiger partial charge in [0.1, 0.15) is 0 Å². The van der Waals surface area contributed by atoms with Crippen LogP contribution >= 0.6 is 0 Å². The Morgan fingerprint density at radius 1 is 0.147 bits per heavy atom. The zero-order chi connectivity index (χ0) is 67.5. The molecule has 18 aromatic carbocycles. The largest absolute Gasteiger partial charge is 0.310 e. The quantitative estimate of drug-likeness (QED) is 0.120. The van der Waals surface area contributed by atoms with E-state index in [0.717, 1.165) is 45.5 Å². The molecule has 0 aliphatic heterocycles. The second-order valence-electron chi connectivity index (χ2n) is 26.4. The molecule has 478 valence electrons. The number of nitrogens with zero attached hydrogens (tertiary/aromatic N) is 4. The van der Waals surface area contributed by atoms with Crippen molar-refractivity contribution in [3.8, 4) is 44.8 Å². The number of benzene rings is 18. The molecule has 0 bridgehead atoms. The Morgan fingerprint density at radius 2 is 0.392 bits per heavy atom. The molecule has 20 aromatic rings. The molecule has 0 N–H and O–H groups in total. The van der Waals surface area contributed by atoms with Crippen LogP contribution < -0.4 is 9.80 Å². The van der Waals surface area contributed by atoms with E-state index in [9.17, 15) is 0 Å². The molecule has 2 heterocycles. The van der Waals surface area contributed by atoms with Crippen LogP contribution in [0.2, 0.25) is 0 Å². The number of aromatic nitrogens is 2. The van der Waals surface area contributed by atoms with Crippen LogP contribution in [0, 0.1) is 0 Å². The van der Waals surface area contributed by atoms with Gasteiger partial charge in [0.15, 0.2) is 0 Å². The lowest BCUT2D eigenvalue weighted by molar-refractivity contribution is 1.18. The van der Waals surface area contributed by atoms with Crippen molar-refractivity contribution in [2.75, 3.05) is 9.80 Å². The van der Waals surface area contributed by atoms with E-state index < -0.39 is 0 Å². The van der Waals surface area contributed by atoms with Gasteiger partial charge in [-0.15, -0.1) is 0 Å². The number of anilines is 6. The van der Waals surface area contributed by atoms with E-state index in [-0.39, 0.29) is 0 Å². The van der Waals surface area contributed by atoms with Gasteiger partial charge in [-0.25, -0.2) is 0 Å². The lowest BCUT2D eigenvalue weighted by Gasteiger charge is -2.26. The van der Waals surface area contributed by atoms with E-state index >= 15 is 0 Å². The molecule has 4 heteroatoms. The Labute approximate surface area is 592 Å². The van der Waals surface area contributed by atoms with Crippen LogP contribution in [0.3, 0.4) is 0 Å². The molecule has 4 nitrogen and oxygen atoms in total. The van der Waals surface area contributed by atoms with E-state index in [2.05, 4.69) is 419 Å². The zero-order valence-corrected chi connectivity index (χ0v) is 55.9. The third-order valence-electron chi connectivity index (χ3n) is 20.5. The maximum Gasteiger partial charge on any atom is 0.0541 e. The number of hydrogen-bond acceptors (Lipinski definition) is 2. The molecule has 0 fully saturated rings. The highest BCUT2D eigenvalue weighted by atomic mass is 15.1. The molecule has 0 saturated heterocycles. The lowest BCUT2D eigenvalue weighted by Crippen LogP contribution is -2.10. The fourth-order valence-corrected chi connectivity index (χ4v) is 15.6. The second kappa shape index (κ2) is 25.4. The average Bonchev–Trinajstić information content (AvgIpc) is 1.34. The Balaban J connectivity index is 0.000000144. The molecule has 0 aliphatic carbocycles. The summed E-state index contributed by atoms with van der Waals surface area (Å²) in [6, 6.07) is 145. The van der Waals surface area contributed by atoms with Crippen LogP contribution in [-0.2, 0) is 0 Å². The minimum absolute atomic E-state index is 1.10. The van der Waals surface area contributed by atoms with Crippen molar-refractivity contribution in [1.29, 1.82) is 0 Å². The Hall–Kier alpha value is -13.5. The first kappa shape index (κ1) is 59.7. The van der Waals surface area contributed by atoms with Crippen molar-refractivity contribution < 1.29 is 0 Å². The van der Waals surface area contributed by atoms with E-state index in [0.29, 0.717) is 0 Å². The zero-order valence-electron chi connectivity index (χ0n) is 55.9. The molecule has 0 amide bonds. The monoisotopic (exact) mass is 1300 g/mol. The van der Waals surface area contributed by atoms with E-state index in [1.807, 2.05) is 0 Å². The van der Waals surface area contributed by atoms with Crippen LogP contribution in [0.4, 0.5) is 34.1 Å². The molecular weight excluding hydrogens is 1230 g/mol. The normalized spacial score (nSPS) is 11.5. The fourth-order valence-electron chi connectivity index (χ4n) is 15.6. The third-order valence-corrected chi connectivity index (χ3v) is 20.5. The molecule has 0 spiro atoms. The summed E-state index contributed by atoms with van der Waals surface area (Å²) in [5.41, 5.74) is 21.1. The summed E-state index contributed by atoms with van der Waals surface area (Å²) in [6.07, 6.45) is 0. The van der Waals surface area contributed by atoms with Gasteiger partial charge in [-0.1, -0.05) is 279 Å². The number of fused-ring (bicyclic) bond motifs is 14. The third kappa shape index (κ3) is 10.7. The van der Waals surface area contributed by atoms with Gasteiger partial charge < -0.3 is 18.9 Å². The molecule has 102 heavy (non-hydrogen) atoms. The summed E-state index contributed by atoms with van der Waals surface area (Å²) in [7, 11) is 0. The van der Waals surface area contributed by atoms with Gasteiger partial charge in [-0.05, 0) is 209 Å². The average molecular weight is 1300 g/mol. The van der Waals surface area contributed by atoms with Crippen LogP contribution in [0.5, 0.6) is 0 Å². The van der Waals surface area contributed by atoms with E-state index in [4.69, 9.17) is 0 Å². The van der Waals surface area contributed by atoms with Crippen molar-refractivity contribution in [3.63, 3.8) is 0 Å². The van der Waals surface area contributed by atoms with Crippen LogP contribution in [0.25, 0.3) is 142 Å². The standard InChI is InChI=1S/C54H36N2.C44H30N2/c1-2-12-37(13-3-1)38-22-28-41(29-23-38)55(44-34-35-49-47-16-5-4-14-45(47)46-15-6-7-17-48(46)52(49)36-44)42-30-24-39(25-31-42)40-26-32-43(33-27-40)56-53-20-10-8-18-50(53)51-19-9-11-21-54(51)56;1-3-11-35-29-39(27-21-31(35)9-1)45(40-28-22-32-10-2-4-12-36(32)30-40)37-23-17-33(18-24-37)34-19-25-38(26-20-34)46-43-15-7-5-13-41(43)42-14-6-8-16-44(42)46/h1-36H;1-30H. The first-order valence-corrected chi connectivity index (χ1v) is 35.0. The number of para-hydroxylation sites is 4. The Morgan fingerprint density at radius 3 is 0.765 bits per heavy atom. The maximum atomic E-state index is 2.38. The van der Waals surface area contributed by atoms with Gasteiger partial charge in [0.05, 0.1) is 22.1 Å². The van der Waals surface area contributed by atoms with Crippen LogP contribution in [0.15, 0.2) is 400 Å². The van der Waals surface area contributed by atoms with Gasteiger partial charge in [0.2, 0.25) is 0 Å². The molecule has 0 saturated carbocycles. The minimum Gasteiger partial charge on any atom is -0.310 e. The molecule has 2 aromatic heterocycles. The molecule has 0 radical (unpaired) electrons.